The molecule has 3 aromatic heterocycles. The maximum Gasteiger partial charge on any atom is 0.145 e. The van der Waals surface area contributed by atoms with Gasteiger partial charge in [-0.05, 0) is 82.7 Å². The molecule has 0 amide bonds. The molecule has 0 aliphatic rings. The standard InChI is InChI=1S/C50H32N4/c1-3-14-34(15-4-1)50-52-44-23-10-12-25-46(44)54(50)38-28-26-33(27-29-38)35-16-13-17-36(30-35)48-42-32-51-43-22-9-7-20-39(43)41(42)31-47-49(48)40-21-8-11-24-45(40)53(47)37-18-5-2-6-19-37/h1-32H. The molecule has 4 heteroatoms. The molecule has 0 atom stereocenters. The molecule has 11 rings (SSSR count). The Kier molecular flexibility index (Phi) is 6.82. The van der Waals surface area contributed by atoms with Crippen molar-refractivity contribution in [3.8, 4) is 45.0 Å². The van der Waals surface area contributed by atoms with E-state index in [1.807, 2.05) is 12.1 Å². The molecule has 252 valence electrons. The van der Waals surface area contributed by atoms with E-state index in [4.69, 9.17) is 9.97 Å². The van der Waals surface area contributed by atoms with Crippen LogP contribution in [0.1, 0.15) is 0 Å². The van der Waals surface area contributed by atoms with Crippen LogP contribution in [0.2, 0.25) is 0 Å². The van der Waals surface area contributed by atoms with Crippen LogP contribution in [0.3, 0.4) is 0 Å². The summed E-state index contributed by atoms with van der Waals surface area (Å²) < 4.78 is 4.67. The highest BCUT2D eigenvalue weighted by atomic mass is 15.1. The molecule has 4 nitrogen and oxygen atoms in total. The molecule has 3 heterocycles. The van der Waals surface area contributed by atoms with Gasteiger partial charge in [0.1, 0.15) is 5.82 Å². The lowest BCUT2D eigenvalue weighted by atomic mass is 9.91. The highest BCUT2D eigenvalue weighted by molar-refractivity contribution is 6.26. The summed E-state index contributed by atoms with van der Waals surface area (Å²) in [6, 6.07) is 67.0. The lowest BCUT2D eigenvalue weighted by Gasteiger charge is -2.15. The topological polar surface area (TPSA) is 35.6 Å². The van der Waals surface area contributed by atoms with Crippen LogP contribution in [0, 0.1) is 0 Å². The van der Waals surface area contributed by atoms with E-state index >= 15 is 0 Å². The van der Waals surface area contributed by atoms with Crippen LogP contribution in [0.15, 0.2) is 194 Å². The zero-order valence-corrected chi connectivity index (χ0v) is 29.3. The molecule has 0 bridgehead atoms. The van der Waals surface area contributed by atoms with Gasteiger partial charge in [-0.3, -0.25) is 9.55 Å². The Morgan fingerprint density at radius 2 is 0.981 bits per heavy atom. The van der Waals surface area contributed by atoms with Crippen LogP contribution >= 0.6 is 0 Å². The van der Waals surface area contributed by atoms with Gasteiger partial charge in [0.15, 0.2) is 0 Å². The maximum atomic E-state index is 5.05. The van der Waals surface area contributed by atoms with E-state index in [9.17, 15) is 0 Å². The molecule has 0 N–H and O–H groups in total. The fourth-order valence-corrected chi connectivity index (χ4v) is 8.33. The molecule has 8 aromatic carbocycles. The van der Waals surface area contributed by atoms with Gasteiger partial charge >= 0.3 is 0 Å². The average Bonchev–Trinajstić information content (AvgIpc) is 3.80. The fraction of sp³-hybridized carbons (Fsp3) is 0. The number of para-hydroxylation sites is 5. The summed E-state index contributed by atoms with van der Waals surface area (Å²) in [6.07, 6.45) is 2.07. The Morgan fingerprint density at radius 1 is 0.352 bits per heavy atom. The largest absolute Gasteiger partial charge is 0.309 e. The average molecular weight is 689 g/mol. The predicted octanol–water partition coefficient (Wildman–Crippen LogP) is 12.8. The number of rotatable bonds is 5. The highest BCUT2D eigenvalue weighted by Crippen LogP contribution is 2.45. The van der Waals surface area contributed by atoms with Crippen molar-refractivity contribution in [3.63, 3.8) is 0 Å². The maximum absolute atomic E-state index is 5.05. The van der Waals surface area contributed by atoms with E-state index in [1.54, 1.807) is 0 Å². The first-order valence-corrected chi connectivity index (χ1v) is 18.3. The normalized spacial score (nSPS) is 11.7. The van der Waals surface area contributed by atoms with Gasteiger partial charge in [0.25, 0.3) is 0 Å². The lowest BCUT2D eigenvalue weighted by molar-refractivity contribution is 1.10. The van der Waals surface area contributed by atoms with Crippen LogP contribution in [-0.4, -0.2) is 19.1 Å². The number of nitrogens with zero attached hydrogens (tertiary/aromatic N) is 4. The summed E-state index contributed by atoms with van der Waals surface area (Å²) in [5, 5.41) is 5.94. The van der Waals surface area contributed by atoms with E-state index < -0.39 is 0 Å². The number of imidazole rings is 1. The molecular formula is C50H32N4. The van der Waals surface area contributed by atoms with Crippen LogP contribution in [0.4, 0.5) is 0 Å². The summed E-state index contributed by atoms with van der Waals surface area (Å²) in [5.74, 6) is 0.933. The molecule has 0 fully saturated rings. The third-order valence-electron chi connectivity index (χ3n) is 10.7. The SMILES string of the molecule is c1ccc(-c2nc3ccccc3n2-c2ccc(-c3cccc(-c4c5cnc6ccccc6c5cc5c4c4ccccc4n5-c4ccccc4)c3)cc2)cc1. The molecule has 0 saturated carbocycles. The van der Waals surface area contributed by atoms with Crippen LogP contribution in [0.5, 0.6) is 0 Å². The summed E-state index contributed by atoms with van der Waals surface area (Å²) in [6.45, 7) is 0. The van der Waals surface area contributed by atoms with Gasteiger partial charge in [-0.15, -0.1) is 0 Å². The van der Waals surface area contributed by atoms with Gasteiger partial charge in [0, 0.05) is 50.2 Å². The van der Waals surface area contributed by atoms with Gasteiger partial charge < -0.3 is 4.57 Å². The Balaban J connectivity index is 1.12. The highest BCUT2D eigenvalue weighted by Gasteiger charge is 2.21. The Labute approximate surface area is 311 Å². The summed E-state index contributed by atoms with van der Waals surface area (Å²) in [5.41, 5.74) is 13.4. The second kappa shape index (κ2) is 12.1. The van der Waals surface area contributed by atoms with Gasteiger partial charge in [-0.2, -0.15) is 0 Å². The van der Waals surface area contributed by atoms with E-state index in [0.29, 0.717) is 0 Å². The smallest absolute Gasteiger partial charge is 0.145 e. The van der Waals surface area contributed by atoms with Crippen molar-refractivity contribution < 1.29 is 0 Å². The summed E-state index contributed by atoms with van der Waals surface area (Å²) in [7, 11) is 0. The zero-order chi connectivity index (χ0) is 35.6. The molecule has 0 spiro atoms. The molecule has 0 unspecified atom stereocenters. The Bertz CT molecular complexity index is 3190. The predicted molar refractivity (Wildman–Crippen MR) is 225 cm³/mol. The summed E-state index contributed by atoms with van der Waals surface area (Å²) in [4.78, 5) is 10.1. The Hall–Kier alpha value is -7.30. The lowest BCUT2D eigenvalue weighted by Crippen LogP contribution is -1.97. The third-order valence-corrected chi connectivity index (χ3v) is 10.7. The molecule has 54 heavy (non-hydrogen) atoms. The zero-order valence-electron chi connectivity index (χ0n) is 29.3. The first-order valence-electron chi connectivity index (χ1n) is 18.3. The molecule has 0 aliphatic heterocycles. The molecular weight excluding hydrogens is 657 g/mol. The molecule has 0 saturated heterocycles. The minimum absolute atomic E-state index is 0.933. The number of hydrogen-bond donors (Lipinski definition) is 0. The minimum Gasteiger partial charge on any atom is -0.309 e. The fourth-order valence-electron chi connectivity index (χ4n) is 8.33. The van der Waals surface area contributed by atoms with Gasteiger partial charge in [0.2, 0.25) is 0 Å². The van der Waals surface area contributed by atoms with Crippen molar-refractivity contribution in [2.45, 2.75) is 0 Å². The van der Waals surface area contributed by atoms with Crippen molar-refractivity contribution in [2.24, 2.45) is 0 Å². The number of pyridine rings is 1. The van der Waals surface area contributed by atoms with Crippen molar-refractivity contribution in [3.05, 3.63) is 194 Å². The first kappa shape index (κ1) is 30.3. The van der Waals surface area contributed by atoms with Crippen LogP contribution in [-0.2, 0) is 0 Å². The third kappa shape index (κ3) is 4.70. The van der Waals surface area contributed by atoms with E-state index in [0.717, 1.165) is 66.8 Å². The molecule has 0 radical (unpaired) electrons. The molecule has 0 aliphatic carbocycles. The monoisotopic (exact) mass is 688 g/mol. The van der Waals surface area contributed by atoms with Crippen molar-refractivity contribution in [1.29, 1.82) is 0 Å². The van der Waals surface area contributed by atoms with E-state index in [1.165, 1.54) is 32.8 Å². The van der Waals surface area contributed by atoms with Gasteiger partial charge in [-0.25, -0.2) is 4.98 Å². The quantitative estimate of drug-likeness (QED) is 0.169. The van der Waals surface area contributed by atoms with E-state index in [-0.39, 0.29) is 0 Å². The van der Waals surface area contributed by atoms with Gasteiger partial charge in [-0.1, -0.05) is 127 Å². The minimum atomic E-state index is 0.933. The number of fused-ring (bicyclic) bond motifs is 7. The van der Waals surface area contributed by atoms with Crippen molar-refractivity contribution >= 4 is 54.5 Å². The first-order chi connectivity index (χ1) is 26.8. The van der Waals surface area contributed by atoms with Crippen molar-refractivity contribution in [1.82, 2.24) is 19.1 Å². The number of benzene rings is 8. The van der Waals surface area contributed by atoms with Gasteiger partial charge in [0.05, 0.1) is 27.6 Å². The van der Waals surface area contributed by atoms with E-state index in [2.05, 4.69) is 191 Å². The van der Waals surface area contributed by atoms with Crippen LogP contribution in [0.25, 0.3) is 99.5 Å². The van der Waals surface area contributed by atoms with Crippen LogP contribution < -0.4 is 0 Å². The van der Waals surface area contributed by atoms with Crippen molar-refractivity contribution in [2.75, 3.05) is 0 Å². The second-order valence-electron chi connectivity index (χ2n) is 13.8. The second-order valence-corrected chi connectivity index (χ2v) is 13.8. The number of aromatic nitrogens is 4. The summed E-state index contributed by atoms with van der Waals surface area (Å²) >= 11 is 0. The number of hydrogen-bond acceptors (Lipinski definition) is 2. The molecule has 11 aromatic rings. The Morgan fingerprint density at radius 3 is 1.80 bits per heavy atom.